The van der Waals surface area contributed by atoms with E-state index in [4.69, 9.17) is 5.73 Å². The number of anilines is 1. The molecular formula is C12H12BrFN2O2S2. The van der Waals surface area contributed by atoms with E-state index in [1.54, 1.807) is 11.3 Å². The number of hydrogen-bond donors (Lipinski definition) is 2. The second-order valence-electron chi connectivity index (χ2n) is 4.09. The van der Waals surface area contributed by atoms with E-state index >= 15 is 0 Å². The van der Waals surface area contributed by atoms with Crippen molar-refractivity contribution in [2.45, 2.75) is 11.3 Å². The third kappa shape index (κ3) is 3.57. The predicted molar refractivity (Wildman–Crippen MR) is 81.7 cm³/mol. The van der Waals surface area contributed by atoms with Gasteiger partial charge in [0.1, 0.15) is 4.90 Å². The summed E-state index contributed by atoms with van der Waals surface area (Å²) in [5, 5.41) is 3.85. The zero-order valence-corrected chi connectivity index (χ0v) is 13.5. The molecule has 0 unspecified atom stereocenters. The number of nitrogen functional groups attached to an aromatic ring is 1. The van der Waals surface area contributed by atoms with Gasteiger partial charge in [-0.2, -0.15) is 11.3 Å². The smallest absolute Gasteiger partial charge is 0.243 e. The molecule has 0 fully saturated rings. The fourth-order valence-corrected chi connectivity index (χ4v) is 4.10. The number of halogens is 2. The maximum absolute atomic E-state index is 13.9. The normalized spacial score (nSPS) is 11.7. The number of sulfonamides is 1. The molecule has 4 nitrogen and oxygen atoms in total. The molecule has 0 saturated carbocycles. The van der Waals surface area contributed by atoms with Gasteiger partial charge in [0, 0.05) is 12.2 Å². The molecule has 0 aliphatic heterocycles. The average molecular weight is 379 g/mol. The van der Waals surface area contributed by atoms with Crippen LogP contribution in [-0.2, 0) is 16.4 Å². The summed E-state index contributed by atoms with van der Waals surface area (Å²) in [5.74, 6) is -0.845. The number of benzene rings is 1. The summed E-state index contributed by atoms with van der Waals surface area (Å²) in [5.41, 5.74) is 6.75. The highest BCUT2D eigenvalue weighted by atomic mass is 79.9. The Bertz CT molecular complexity index is 702. The molecule has 1 heterocycles. The minimum atomic E-state index is -3.92. The highest BCUT2D eigenvalue weighted by Crippen LogP contribution is 2.25. The lowest BCUT2D eigenvalue weighted by Gasteiger charge is -2.09. The van der Waals surface area contributed by atoms with Crippen molar-refractivity contribution in [2.75, 3.05) is 12.3 Å². The number of hydrogen-bond acceptors (Lipinski definition) is 4. The Hall–Kier alpha value is -0.960. The van der Waals surface area contributed by atoms with Gasteiger partial charge in [-0.3, -0.25) is 0 Å². The fourth-order valence-electron chi connectivity index (χ4n) is 1.62. The molecule has 2 aromatic rings. The largest absolute Gasteiger partial charge is 0.399 e. The predicted octanol–water partition coefficient (Wildman–Crippen LogP) is 2.75. The van der Waals surface area contributed by atoms with Crippen molar-refractivity contribution in [3.8, 4) is 0 Å². The Morgan fingerprint density at radius 1 is 1.40 bits per heavy atom. The molecule has 2 rings (SSSR count). The summed E-state index contributed by atoms with van der Waals surface area (Å²) < 4.78 is 40.4. The number of nitrogens with one attached hydrogen (secondary N) is 1. The van der Waals surface area contributed by atoms with Crippen LogP contribution >= 0.6 is 27.3 Å². The van der Waals surface area contributed by atoms with E-state index < -0.39 is 20.7 Å². The molecule has 0 radical (unpaired) electrons. The van der Waals surface area contributed by atoms with Crippen molar-refractivity contribution in [1.82, 2.24) is 4.72 Å². The van der Waals surface area contributed by atoms with Crippen molar-refractivity contribution in [3.05, 3.63) is 44.8 Å². The first kappa shape index (κ1) is 15.4. The molecule has 108 valence electrons. The topological polar surface area (TPSA) is 72.2 Å². The zero-order chi connectivity index (χ0) is 14.8. The molecule has 20 heavy (non-hydrogen) atoms. The van der Waals surface area contributed by atoms with Crippen LogP contribution < -0.4 is 10.5 Å². The average Bonchev–Trinajstić information content (AvgIpc) is 2.86. The molecule has 8 heteroatoms. The molecule has 3 N–H and O–H groups in total. The van der Waals surface area contributed by atoms with E-state index in [-0.39, 0.29) is 16.7 Å². The first-order valence-electron chi connectivity index (χ1n) is 5.65. The van der Waals surface area contributed by atoms with Gasteiger partial charge in [-0.05, 0) is 56.9 Å². The third-order valence-electron chi connectivity index (χ3n) is 2.59. The summed E-state index contributed by atoms with van der Waals surface area (Å²) in [7, 11) is -3.92. The summed E-state index contributed by atoms with van der Waals surface area (Å²) in [4.78, 5) is -0.449. The Kier molecular flexibility index (Phi) is 4.79. The van der Waals surface area contributed by atoms with E-state index in [2.05, 4.69) is 20.7 Å². The lowest BCUT2D eigenvalue weighted by atomic mass is 10.2. The molecule has 1 aromatic carbocycles. The van der Waals surface area contributed by atoms with Gasteiger partial charge in [-0.15, -0.1) is 0 Å². The van der Waals surface area contributed by atoms with Gasteiger partial charge in [-0.1, -0.05) is 0 Å². The summed E-state index contributed by atoms with van der Waals surface area (Å²) in [6, 6.07) is 4.34. The number of rotatable bonds is 5. The van der Waals surface area contributed by atoms with Gasteiger partial charge in [0.15, 0.2) is 5.82 Å². The van der Waals surface area contributed by atoms with Gasteiger partial charge in [0.2, 0.25) is 10.0 Å². The van der Waals surface area contributed by atoms with Crippen LogP contribution in [-0.4, -0.2) is 15.0 Å². The number of thiophene rings is 1. The molecule has 0 aliphatic rings. The summed E-state index contributed by atoms with van der Waals surface area (Å²) in [6.45, 7) is 0.199. The van der Waals surface area contributed by atoms with Gasteiger partial charge in [0.25, 0.3) is 0 Å². The maximum atomic E-state index is 13.9. The highest BCUT2D eigenvalue weighted by molar-refractivity contribution is 9.10. The third-order valence-corrected chi connectivity index (χ3v) is 5.36. The second kappa shape index (κ2) is 6.21. The Labute approximate surface area is 129 Å². The first-order chi connectivity index (χ1) is 9.40. The van der Waals surface area contributed by atoms with Crippen LogP contribution in [0, 0.1) is 5.82 Å². The quantitative estimate of drug-likeness (QED) is 0.785. The van der Waals surface area contributed by atoms with Gasteiger partial charge in [-0.25, -0.2) is 17.5 Å². The van der Waals surface area contributed by atoms with Crippen molar-refractivity contribution >= 4 is 43.0 Å². The lowest BCUT2D eigenvalue weighted by Crippen LogP contribution is -2.27. The van der Waals surface area contributed by atoms with Gasteiger partial charge < -0.3 is 5.73 Å². The molecule has 0 amide bonds. The Morgan fingerprint density at radius 3 is 2.80 bits per heavy atom. The second-order valence-corrected chi connectivity index (χ2v) is 7.46. The van der Waals surface area contributed by atoms with Crippen LogP contribution in [0.5, 0.6) is 0 Å². The molecule has 0 bridgehead atoms. The van der Waals surface area contributed by atoms with Crippen molar-refractivity contribution in [2.24, 2.45) is 0 Å². The van der Waals surface area contributed by atoms with E-state index in [1.165, 1.54) is 6.07 Å². The fraction of sp³-hybridized carbons (Fsp3) is 0.167. The maximum Gasteiger partial charge on any atom is 0.243 e. The van der Waals surface area contributed by atoms with E-state index in [0.29, 0.717) is 6.42 Å². The Balaban J connectivity index is 2.14. The van der Waals surface area contributed by atoms with Crippen molar-refractivity contribution in [1.29, 1.82) is 0 Å². The van der Waals surface area contributed by atoms with Gasteiger partial charge in [0.05, 0.1) is 4.47 Å². The van der Waals surface area contributed by atoms with Crippen LogP contribution in [0.25, 0.3) is 0 Å². The lowest BCUT2D eigenvalue weighted by molar-refractivity contribution is 0.554. The van der Waals surface area contributed by atoms with E-state index in [0.717, 1.165) is 11.6 Å². The molecule has 1 aromatic heterocycles. The monoisotopic (exact) mass is 378 g/mol. The van der Waals surface area contributed by atoms with E-state index in [9.17, 15) is 12.8 Å². The van der Waals surface area contributed by atoms with Crippen molar-refractivity contribution < 1.29 is 12.8 Å². The standard InChI is InChI=1S/C12H12BrFN2O2S2/c13-10-5-9(15)6-11(12(10)14)20(17,18)16-3-1-8-2-4-19-7-8/h2,4-7,16H,1,3,15H2. The van der Waals surface area contributed by atoms with Crippen molar-refractivity contribution in [3.63, 3.8) is 0 Å². The van der Waals surface area contributed by atoms with E-state index in [1.807, 2.05) is 16.8 Å². The SMILES string of the molecule is Nc1cc(Br)c(F)c(S(=O)(=O)NCCc2ccsc2)c1. The Morgan fingerprint density at radius 2 is 2.15 bits per heavy atom. The highest BCUT2D eigenvalue weighted by Gasteiger charge is 2.21. The minimum Gasteiger partial charge on any atom is -0.399 e. The van der Waals surface area contributed by atoms with Crippen LogP contribution in [0.3, 0.4) is 0 Å². The van der Waals surface area contributed by atoms with Crippen LogP contribution in [0.4, 0.5) is 10.1 Å². The summed E-state index contributed by atoms with van der Waals surface area (Å²) in [6.07, 6.45) is 0.549. The van der Waals surface area contributed by atoms with Crippen LogP contribution in [0.15, 0.2) is 38.3 Å². The molecule has 0 spiro atoms. The molecular weight excluding hydrogens is 367 g/mol. The number of nitrogens with two attached hydrogens (primary N) is 1. The van der Waals surface area contributed by atoms with Crippen LogP contribution in [0.1, 0.15) is 5.56 Å². The summed E-state index contributed by atoms with van der Waals surface area (Å²) >= 11 is 4.48. The molecule has 0 saturated heterocycles. The molecule has 0 atom stereocenters. The molecule has 0 aliphatic carbocycles. The van der Waals surface area contributed by atoms with Gasteiger partial charge >= 0.3 is 0 Å². The van der Waals surface area contributed by atoms with Crippen LogP contribution in [0.2, 0.25) is 0 Å². The minimum absolute atomic E-state index is 0.0238. The first-order valence-corrected chi connectivity index (χ1v) is 8.87. The zero-order valence-electron chi connectivity index (χ0n) is 10.3.